The fourth-order valence-corrected chi connectivity index (χ4v) is 1.95. The van der Waals surface area contributed by atoms with E-state index in [1.165, 1.54) is 6.07 Å². The standard InChI is InChI=1S/C15H16F2N2/c16-13-8-4-7-12(15(13)17)14(9-18)19-10-11-5-2-1-3-6-11/h1-8,14,19H,9-10,18H2. The van der Waals surface area contributed by atoms with Gasteiger partial charge < -0.3 is 11.1 Å². The number of hydrogen-bond donors (Lipinski definition) is 2. The molecule has 0 spiro atoms. The smallest absolute Gasteiger partial charge is 0.163 e. The van der Waals surface area contributed by atoms with Crippen molar-refractivity contribution in [2.75, 3.05) is 6.54 Å². The van der Waals surface area contributed by atoms with Gasteiger partial charge in [0.05, 0.1) is 0 Å². The third-order valence-corrected chi connectivity index (χ3v) is 2.99. The zero-order valence-electron chi connectivity index (χ0n) is 10.4. The van der Waals surface area contributed by atoms with Gasteiger partial charge in [-0.05, 0) is 11.6 Å². The molecule has 3 N–H and O–H groups in total. The summed E-state index contributed by atoms with van der Waals surface area (Å²) >= 11 is 0. The number of hydrogen-bond acceptors (Lipinski definition) is 2. The maximum absolute atomic E-state index is 13.7. The minimum Gasteiger partial charge on any atom is -0.329 e. The molecule has 0 saturated heterocycles. The lowest BCUT2D eigenvalue weighted by atomic mass is 10.1. The summed E-state index contributed by atoms with van der Waals surface area (Å²) in [5.74, 6) is -1.68. The Morgan fingerprint density at radius 3 is 2.42 bits per heavy atom. The average molecular weight is 262 g/mol. The Hall–Kier alpha value is -1.78. The van der Waals surface area contributed by atoms with Gasteiger partial charge in [-0.25, -0.2) is 8.78 Å². The van der Waals surface area contributed by atoms with Crippen LogP contribution in [-0.4, -0.2) is 6.54 Å². The first-order valence-electron chi connectivity index (χ1n) is 6.13. The van der Waals surface area contributed by atoms with Gasteiger partial charge in [-0.15, -0.1) is 0 Å². The van der Waals surface area contributed by atoms with E-state index in [0.29, 0.717) is 6.54 Å². The quantitative estimate of drug-likeness (QED) is 0.869. The predicted octanol–water partition coefficient (Wildman–Crippen LogP) is 2.75. The molecular weight excluding hydrogens is 246 g/mol. The minimum atomic E-state index is -0.850. The highest BCUT2D eigenvalue weighted by atomic mass is 19.2. The highest BCUT2D eigenvalue weighted by Gasteiger charge is 2.16. The molecule has 0 radical (unpaired) electrons. The minimum absolute atomic E-state index is 0.202. The van der Waals surface area contributed by atoms with Crippen molar-refractivity contribution in [3.05, 3.63) is 71.3 Å². The van der Waals surface area contributed by atoms with Crippen LogP contribution in [0.5, 0.6) is 0 Å². The van der Waals surface area contributed by atoms with Crippen LogP contribution in [-0.2, 0) is 6.54 Å². The second kappa shape index (κ2) is 6.41. The number of nitrogens with one attached hydrogen (secondary N) is 1. The molecule has 19 heavy (non-hydrogen) atoms. The molecule has 2 aromatic carbocycles. The van der Waals surface area contributed by atoms with Gasteiger partial charge in [0.15, 0.2) is 11.6 Å². The molecule has 1 atom stereocenters. The summed E-state index contributed by atoms with van der Waals surface area (Å²) in [4.78, 5) is 0. The van der Waals surface area contributed by atoms with Gasteiger partial charge in [-0.1, -0.05) is 42.5 Å². The highest BCUT2D eigenvalue weighted by Crippen LogP contribution is 2.19. The fourth-order valence-electron chi connectivity index (χ4n) is 1.95. The molecule has 2 aromatic rings. The van der Waals surface area contributed by atoms with Crippen molar-refractivity contribution in [3.63, 3.8) is 0 Å². The first-order valence-corrected chi connectivity index (χ1v) is 6.13. The van der Waals surface area contributed by atoms with Crippen LogP contribution in [0.1, 0.15) is 17.2 Å². The molecule has 0 heterocycles. The fraction of sp³-hybridized carbons (Fsp3) is 0.200. The van der Waals surface area contributed by atoms with E-state index in [0.717, 1.165) is 11.6 Å². The van der Waals surface area contributed by atoms with E-state index >= 15 is 0 Å². The Balaban J connectivity index is 2.10. The van der Waals surface area contributed by atoms with E-state index in [1.807, 2.05) is 30.3 Å². The molecule has 2 rings (SSSR count). The van der Waals surface area contributed by atoms with Crippen LogP contribution >= 0.6 is 0 Å². The molecular formula is C15H16F2N2. The van der Waals surface area contributed by atoms with Crippen LogP contribution in [0.15, 0.2) is 48.5 Å². The summed E-state index contributed by atoms with van der Waals surface area (Å²) < 4.78 is 26.9. The maximum Gasteiger partial charge on any atom is 0.163 e. The zero-order valence-corrected chi connectivity index (χ0v) is 10.4. The normalized spacial score (nSPS) is 12.4. The van der Waals surface area contributed by atoms with E-state index in [2.05, 4.69) is 5.32 Å². The second-order valence-electron chi connectivity index (χ2n) is 4.30. The van der Waals surface area contributed by atoms with Gasteiger partial charge >= 0.3 is 0 Å². The van der Waals surface area contributed by atoms with Crippen LogP contribution in [0, 0.1) is 11.6 Å². The summed E-state index contributed by atoms with van der Waals surface area (Å²) in [5.41, 5.74) is 6.97. The van der Waals surface area contributed by atoms with Gasteiger partial charge in [0.2, 0.25) is 0 Å². The molecule has 0 fully saturated rings. The van der Waals surface area contributed by atoms with Gasteiger partial charge in [0, 0.05) is 24.7 Å². The highest BCUT2D eigenvalue weighted by molar-refractivity contribution is 5.23. The molecule has 0 amide bonds. The lowest BCUT2D eigenvalue weighted by Crippen LogP contribution is -2.28. The van der Waals surface area contributed by atoms with E-state index in [1.54, 1.807) is 6.07 Å². The molecule has 0 bridgehead atoms. The Morgan fingerprint density at radius 2 is 1.74 bits per heavy atom. The largest absolute Gasteiger partial charge is 0.329 e. The lowest BCUT2D eigenvalue weighted by molar-refractivity contribution is 0.463. The molecule has 0 aliphatic carbocycles. The molecule has 2 nitrogen and oxygen atoms in total. The second-order valence-corrected chi connectivity index (χ2v) is 4.30. The zero-order chi connectivity index (χ0) is 13.7. The molecule has 0 aliphatic heterocycles. The Labute approximate surface area is 111 Å². The summed E-state index contributed by atoms with van der Waals surface area (Å²) in [6.07, 6.45) is 0. The monoisotopic (exact) mass is 262 g/mol. The summed E-state index contributed by atoms with van der Waals surface area (Å²) in [5, 5.41) is 3.14. The third kappa shape index (κ3) is 3.36. The number of rotatable bonds is 5. The molecule has 0 aliphatic rings. The summed E-state index contributed by atoms with van der Waals surface area (Å²) in [6.45, 7) is 0.756. The average Bonchev–Trinajstić information content (AvgIpc) is 2.45. The van der Waals surface area contributed by atoms with Crippen LogP contribution in [0.2, 0.25) is 0 Å². The summed E-state index contributed by atoms with van der Waals surface area (Å²) in [7, 11) is 0. The molecule has 0 saturated carbocycles. The first kappa shape index (κ1) is 13.6. The van der Waals surface area contributed by atoms with Crippen molar-refractivity contribution in [2.24, 2.45) is 5.73 Å². The first-order chi connectivity index (χ1) is 9.22. The van der Waals surface area contributed by atoms with Crippen molar-refractivity contribution in [3.8, 4) is 0 Å². The van der Waals surface area contributed by atoms with E-state index in [4.69, 9.17) is 5.73 Å². The molecule has 0 aromatic heterocycles. The van der Waals surface area contributed by atoms with Gasteiger partial charge in [-0.2, -0.15) is 0 Å². The Kier molecular flexibility index (Phi) is 4.60. The van der Waals surface area contributed by atoms with Crippen molar-refractivity contribution >= 4 is 0 Å². The molecule has 100 valence electrons. The summed E-state index contributed by atoms with van der Waals surface area (Å²) in [6, 6.07) is 13.4. The van der Waals surface area contributed by atoms with Crippen LogP contribution in [0.4, 0.5) is 8.78 Å². The number of halogens is 2. The van der Waals surface area contributed by atoms with Gasteiger partial charge in [0.1, 0.15) is 0 Å². The molecule has 1 unspecified atom stereocenters. The van der Waals surface area contributed by atoms with E-state index in [-0.39, 0.29) is 12.1 Å². The maximum atomic E-state index is 13.7. The topological polar surface area (TPSA) is 38.0 Å². The van der Waals surface area contributed by atoms with E-state index < -0.39 is 17.7 Å². The van der Waals surface area contributed by atoms with Gasteiger partial charge in [0.25, 0.3) is 0 Å². The van der Waals surface area contributed by atoms with Gasteiger partial charge in [-0.3, -0.25) is 0 Å². The predicted molar refractivity (Wildman–Crippen MR) is 71.4 cm³/mol. The van der Waals surface area contributed by atoms with Crippen molar-refractivity contribution in [1.29, 1.82) is 0 Å². The number of benzene rings is 2. The SMILES string of the molecule is NCC(NCc1ccccc1)c1cccc(F)c1F. The van der Waals surface area contributed by atoms with E-state index in [9.17, 15) is 8.78 Å². The number of nitrogens with two attached hydrogens (primary N) is 1. The van der Waals surface area contributed by atoms with Crippen LogP contribution in [0.25, 0.3) is 0 Å². The van der Waals surface area contributed by atoms with Crippen LogP contribution in [0.3, 0.4) is 0 Å². The molecule has 4 heteroatoms. The van der Waals surface area contributed by atoms with Crippen molar-refractivity contribution < 1.29 is 8.78 Å². The van der Waals surface area contributed by atoms with Crippen molar-refractivity contribution in [1.82, 2.24) is 5.32 Å². The Morgan fingerprint density at radius 1 is 1.00 bits per heavy atom. The third-order valence-electron chi connectivity index (χ3n) is 2.99. The lowest BCUT2D eigenvalue weighted by Gasteiger charge is -2.18. The van der Waals surface area contributed by atoms with Crippen LogP contribution < -0.4 is 11.1 Å². The van der Waals surface area contributed by atoms with Crippen molar-refractivity contribution in [2.45, 2.75) is 12.6 Å². The Bertz CT molecular complexity index is 529.